The standard InChI is InChI=1S/C20H23N3O3/c1-26-15-6-4-14(5-7-15)20(9-2-3-10-20)19(25)23-11-8-16-17(12-23)21-13-22-18(16)24/h4-7,13H,2-3,8-12H2,1H3,(H,21,22,24). The van der Waals surface area contributed by atoms with Crippen molar-refractivity contribution >= 4 is 5.91 Å². The molecular formula is C20H23N3O3. The fourth-order valence-corrected chi connectivity index (χ4v) is 4.36. The Morgan fingerprint density at radius 1 is 1.23 bits per heavy atom. The first kappa shape index (κ1) is 16.8. The zero-order valence-corrected chi connectivity index (χ0v) is 15.0. The largest absolute Gasteiger partial charge is 0.497 e. The van der Waals surface area contributed by atoms with Crippen molar-refractivity contribution < 1.29 is 9.53 Å². The number of H-pyrrole nitrogens is 1. The van der Waals surface area contributed by atoms with Gasteiger partial charge in [-0.05, 0) is 37.0 Å². The molecule has 136 valence electrons. The first-order valence-corrected chi connectivity index (χ1v) is 9.13. The predicted molar refractivity (Wildman–Crippen MR) is 97.1 cm³/mol. The minimum absolute atomic E-state index is 0.0900. The molecule has 6 nitrogen and oxygen atoms in total. The molecule has 1 amide bonds. The Kier molecular flexibility index (Phi) is 4.26. The molecule has 1 aromatic heterocycles. The van der Waals surface area contributed by atoms with Gasteiger partial charge in [-0.3, -0.25) is 9.59 Å². The van der Waals surface area contributed by atoms with Crippen molar-refractivity contribution in [3.63, 3.8) is 0 Å². The second-order valence-corrected chi connectivity index (χ2v) is 7.15. The van der Waals surface area contributed by atoms with Crippen LogP contribution in [0.15, 0.2) is 35.4 Å². The lowest BCUT2D eigenvalue weighted by Gasteiger charge is -2.37. The lowest BCUT2D eigenvalue weighted by atomic mass is 9.77. The van der Waals surface area contributed by atoms with Crippen LogP contribution in [-0.2, 0) is 23.2 Å². The van der Waals surface area contributed by atoms with Crippen LogP contribution in [0.2, 0.25) is 0 Å². The van der Waals surface area contributed by atoms with Crippen LogP contribution in [0.25, 0.3) is 0 Å². The Balaban J connectivity index is 1.65. The van der Waals surface area contributed by atoms with Gasteiger partial charge in [0, 0.05) is 12.1 Å². The summed E-state index contributed by atoms with van der Waals surface area (Å²) in [5, 5.41) is 0. The molecule has 0 spiro atoms. The highest BCUT2D eigenvalue weighted by molar-refractivity contribution is 5.89. The summed E-state index contributed by atoms with van der Waals surface area (Å²) in [5.74, 6) is 0.956. The SMILES string of the molecule is COc1ccc(C2(C(=O)N3CCc4c(nc[nH]c4=O)C3)CCCC2)cc1. The van der Waals surface area contributed by atoms with Crippen molar-refractivity contribution in [1.29, 1.82) is 0 Å². The Bertz CT molecular complexity index is 867. The van der Waals surface area contributed by atoms with Crippen LogP contribution >= 0.6 is 0 Å². The number of methoxy groups -OCH3 is 1. The maximum atomic E-state index is 13.6. The molecule has 0 radical (unpaired) electrons. The van der Waals surface area contributed by atoms with Gasteiger partial charge in [0.15, 0.2) is 0 Å². The quantitative estimate of drug-likeness (QED) is 0.918. The van der Waals surface area contributed by atoms with Crippen molar-refractivity contribution in [3.05, 3.63) is 57.8 Å². The molecule has 1 aliphatic heterocycles. The monoisotopic (exact) mass is 353 g/mol. The highest BCUT2D eigenvalue weighted by atomic mass is 16.5. The molecule has 1 aromatic carbocycles. The van der Waals surface area contributed by atoms with Gasteiger partial charge in [0.1, 0.15) is 5.75 Å². The van der Waals surface area contributed by atoms with Gasteiger partial charge in [0.2, 0.25) is 5.91 Å². The van der Waals surface area contributed by atoms with E-state index in [9.17, 15) is 9.59 Å². The van der Waals surface area contributed by atoms with Crippen LogP contribution in [0.1, 0.15) is 42.5 Å². The van der Waals surface area contributed by atoms with E-state index in [2.05, 4.69) is 9.97 Å². The average Bonchev–Trinajstić information content (AvgIpc) is 3.18. The molecule has 0 unspecified atom stereocenters. The lowest BCUT2D eigenvalue weighted by Crippen LogP contribution is -2.48. The summed E-state index contributed by atoms with van der Waals surface area (Å²) >= 11 is 0. The number of benzene rings is 1. The fraction of sp³-hybridized carbons (Fsp3) is 0.450. The molecule has 0 saturated heterocycles. The zero-order chi connectivity index (χ0) is 18.1. The smallest absolute Gasteiger partial charge is 0.254 e. The highest BCUT2D eigenvalue weighted by Crippen LogP contribution is 2.43. The molecule has 1 fully saturated rings. The maximum absolute atomic E-state index is 13.6. The van der Waals surface area contributed by atoms with Gasteiger partial charge < -0.3 is 14.6 Å². The average molecular weight is 353 g/mol. The van der Waals surface area contributed by atoms with Gasteiger partial charge in [-0.2, -0.15) is 0 Å². The second-order valence-electron chi connectivity index (χ2n) is 7.15. The van der Waals surface area contributed by atoms with E-state index in [1.54, 1.807) is 7.11 Å². The summed E-state index contributed by atoms with van der Waals surface area (Å²) < 4.78 is 5.26. The zero-order valence-electron chi connectivity index (χ0n) is 15.0. The first-order valence-electron chi connectivity index (χ1n) is 9.13. The van der Waals surface area contributed by atoms with E-state index in [4.69, 9.17) is 4.74 Å². The number of hydrogen-bond donors (Lipinski definition) is 1. The second kappa shape index (κ2) is 6.59. The maximum Gasteiger partial charge on any atom is 0.254 e. The molecule has 2 aromatic rings. The van der Waals surface area contributed by atoms with E-state index >= 15 is 0 Å². The van der Waals surface area contributed by atoms with Gasteiger partial charge in [0.05, 0.1) is 31.1 Å². The van der Waals surface area contributed by atoms with E-state index in [0.717, 1.165) is 42.7 Å². The number of nitrogens with zero attached hydrogens (tertiary/aromatic N) is 2. The van der Waals surface area contributed by atoms with Crippen LogP contribution in [-0.4, -0.2) is 34.4 Å². The molecule has 0 atom stereocenters. The topological polar surface area (TPSA) is 75.3 Å². The van der Waals surface area contributed by atoms with Crippen LogP contribution in [0.4, 0.5) is 0 Å². The number of ether oxygens (including phenoxy) is 1. The van der Waals surface area contributed by atoms with Gasteiger partial charge in [-0.1, -0.05) is 25.0 Å². The third-order valence-electron chi connectivity index (χ3n) is 5.81. The van der Waals surface area contributed by atoms with E-state index in [0.29, 0.717) is 25.1 Å². The summed E-state index contributed by atoms with van der Waals surface area (Å²) in [6.45, 7) is 0.981. The molecular weight excluding hydrogens is 330 g/mol. The van der Waals surface area contributed by atoms with Gasteiger partial charge in [-0.25, -0.2) is 4.98 Å². The Labute approximate surface area is 152 Å². The van der Waals surface area contributed by atoms with E-state index < -0.39 is 5.41 Å². The lowest BCUT2D eigenvalue weighted by molar-refractivity contribution is -0.138. The predicted octanol–water partition coefficient (Wildman–Crippen LogP) is 2.18. The number of rotatable bonds is 3. The first-order chi connectivity index (χ1) is 12.6. The van der Waals surface area contributed by atoms with Crippen molar-refractivity contribution in [1.82, 2.24) is 14.9 Å². The summed E-state index contributed by atoms with van der Waals surface area (Å²) in [6.07, 6.45) is 5.82. The normalized spacial score (nSPS) is 18.4. The summed E-state index contributed by atoms with van der Waals surface area (Å²) in [7, 11) is 1.64. The van der Waals surface area contributed by atoms with Crippen LogP contribution < -0.4 is 10.3 Å². The molecule has 1 saturated carbocycles. The third-order valence-corrected chi connectivity index (χ3v) is 5.81. The highest BCUT2D eigenvalue weighted by Gasteiger charge is 2.45. The minimum atomic E-state index is -0.467. The summed E-state index contributed by atoms with van der Waals surface area (Å²) in [4.78, 5) is 34.3. The molecule has 4 rings (SSSR count). The molecule has 1 aliphatic carbocycles. The van der Waals surface area contributed by atoms with E-state index in [-0.39, 0.29) is 11.5 Å². The van der Waals surface area contributed by atoms with Crippen molar-refractivity contribution in [2.75, 3.05) is 13.7 Å². The van der Waals surface area contributed by atoms with E-state index in [1.165, 1.54) is 6.33 Å². The van der Waals surface area contributed by atoms with Crippen LogP contribution in [0.5, 0.6) is 5.75 Å². The molecule has 6 heteroatoms. The number of carbonyl (C=O) groups excluding carboxylic acids is 1. The number of hydrogen-bond acceptors (Lipinski definition) is 4. The number of carbonyl (C=O) groups is 1. The number of aromatic amines is 1. The van der Waals surface area contributed by atoms with Crippen LogP contribution in [0.3, 0.4) is 0 Å². The Morgan fingerprint density at radius 2 is 1.96 bits per heavy atom. The molecule has 1 N–H and O–H groups in total. The number of aromatic nitrogens is 2. The molecule has 2 aliphatic rings. The number of amides is 1. The van der Waals surface area contributed by atoms with Gasteiger partial charge in [-0.15, -0.1) is 0 Å². The van der Waals surface area contributed by atoms with Gasteiger partial charge >= 0.3 is 0 Å². The number of fused-ring (bicyclic) bond motifs is 1. The number of nitrogens with one attached hydrogen (secondary N) is 1. The molecule has 26 heavy (non-hydrogen) atoms. The molecule has 2 heterocycles. The van der Waals surface area contributed by atoms with E-state index in [1.807, 2.05) is 29.2 Å². The summed E-state index contributed by atoms with van der Waals surface area (Å²) in [6, 6.07) is 7.89. The minimum Gasteiger partial charge on any atom is -0.497 e. The van der Waals surface area contributed by atoms with Crippen molar-refractivity contribution in [3.8, 4) is 5.75 Å². The van der Waals surface area contributed by atoms with Crippen molar-refractivity contribution in [2.45, 2.75) is 44.1 Å². The van der Waals surface area contributed by atoms with Crippen molar-refractivity contribution in [2.24, 2.45) is 0 Å². The molecule has 0 bridgehead atoms. The Hall–Kier alpha value is -2.63. The third kappa shape index (κ3) is 2.69. The Morgan fingerprint density at radius 3 is 2.65 bits per heavy atom. The van der Waals surface area contributed by atoms with Crippen LogP contribution in [0, 0.1) is 0 Å². The fourth-order valence-electron chi connectivity index (χ4n) is 4.36. The summed E-state index contributed by atoms with van der Waals surface area (Å²) in [5.41, 5.74) is 1.93. The van der Waals surface area contributed by atoms with Gasteiger partial charge in [0.25, 0.3) is 5.56 Å².